The predicted molar refractivity (Wildman–Crippen MR) is 70.8 cm³/mol. The summed E-state index contributed by atoms with van der Waals surface area (Å²) in [5.74, 6) is -0.530. The van der Waals surface area contributed by atoms with Gasteiger partial charge in [-0.25, -0.2) is 4.79 Å². The minimum absolute atomic E-state index is 0.225. The number of halogens is 3. The number of esters is 1. The van der Waals surface area contributed by atoms with Gasteiger partial charge < -0.3 is 15.4 Å². The monoisotopic (exact) mass is 290 g/mol. The van der Waals surface area contributed by atoms with Crippen molar-refractivity contribution in [2.45, 2.75) is 19.5 Å². The first-order chi connectivity index (χ1) is 9.24. The summed E-state index contributed by atoms with van der Waals surface area (Å²) in [6.45, 7) is 1.66. The van der Waals surface area contributed by atoms with Gasteiger partial charge in [0.15, 0.2) is 0 Å². The van der Waals surface area contributed by atoms with Crippen molar-refractivity contribution in [3.8, 4) is 0 Å². The lowest BCUT2D eigenvalue weighted by Crippen LogP contribution is -2.25. The molecule has 0 bridgehead atoms. The Kier molecular flexibility index (Phi) is 5.24. The quantitative estimate of drug-likeness (QED) is 0.669. The molecule has 20 heavy (non-hydrogen) atoms. The number of hydrogen-bond donors (Lipinski definition) is 1. The van der Waals surface area contributed by atoms with Crippen LogP contribution >= 0.6 is 0 Å². The number of hydrogen-bond acceptors (Lipinski definition) is 4. The molecule has 0 atom stereocenters. The van der Waals surface area contributed by atoms with E-state index in [1.165, 1.54) is 30.1 Å². The number of nitrogen functional groups attached to an aromatic ring is 1. The van der Waals surface area contributed by atoms with Crippen LogP contribution in [0.4, 0.5) is 24.5 Å². The van der Waals surface area contributed by atoms with E-state index in [2.05, 4.69) is 0 Å². The number of carbonyl (C=O) groups is 1. The van der Waals surface area contributed by atoms with E-state index in [4.69, 9.17) is 10.5 Å². The van der Waals surface area contributed by atoms with Crippen LogP contribution in [0.3, 0.4) is 0 Å². The molecule has 0 aliphatic heterocycles. The zero-order valence-electron chi connectivity index (χ0n) is 11.3. The lowest BCUT2D eigenvalue weighted by molar-refractivity contribution is -0.132. The Labute approximate surface area is 115 Å². The number of alkyl halides is 3. The normalized spacial score (nSPS) is 11.2. The number of carbonyl (C=O) groups excluding carboxylic acids is 1. The van der Waals surface area contributed by atoms with Gasteiger partial charge in [0.2, 0.25) is 0 Å². The van der Waals surface area contributed by atoms with Gasteiger partial charge in [-0.15, -0.1) is 0 Å². The smallest absolute Gasteiger partial charge is 0.390 e. The SMILES string of the molecule is CCOC(=O)c1ccc(N)c(N(C)CCC(F)(F)F)c1. The Balaban J connectivity index is 2.88. The Morgan fingerprint density at radius 2 is 2.05 bits per heavy atom. The summed E-state index contributed by atoms with van der Waals surface area (Å²) in [5, 5.41) is 0. The van der Waals surface area contributed by atoms with Gasteiger partial charge in [-0.1, -0.05) is 0 Å². The van der Waals surface area contributed by atoms with Crippen LogP contribution in [0.2, 0.25) is 0 Å². The molecule has 2 N–H and O–H groups in total. The standard InChI is InChI=1S/C13H17F3N2O2/c1-3-20-12(19)9-4-5-10(17)11(8-9)18(2)7-6-13(14,15)16/h4-5,8H,3,6-7,17H2,1-2H3. The van der Waals surface area contributed by atoms with Gasteiger partial charge in [0.25, 0.3) is 0 Å². The maximum Gasteiger partial charge on any atom is 0.390 e. The molecule has 1 aromatic rings. The molecule has 1 rings (SSSR count). The second-order valence-corrected chi connectivity index (χ2v) is 4.28. The van der Waals surface area contributed by atoms with Crippen molar-refractivity contribution in [2.24, 2.45) is 0 Å². The highest BCUT2D eigenvalue weighted by Gasteiger charge is 2.27. The van der Waals surface area contributed by atoms with Crippen molar-refractivity contribution in [3.05, 3.63) is 23.8 Å². The number of nitrogens with two attached hydrogens (primary N) is 1. The zero-order chi connectivity index (χ0) is 15.3. The first kappa shape index (κ1) is 16.1. The number of ether oxygens (including phenoxy) is 1. The summed E-state index contributed by atoms with van der Waals surface area (Å²) in [5.41, 5.74) is 6.67. The second kappa shape index (κ2) is 6.49. The third kappa shape index (κ3) is 4.64. The van der Waals surface area contributed by atoms with Crippen LogP contribution in [-0.2, 0) is 4.74 Å². The maximum absolute atomic E-state index is 12.2. The predicted octanol–water partition coefficient (Wildman–Crippen LogP) is 2.83. The highest BCUT2D eigenvalue weighted by atomic mass is 19.4. The fourth-order valence-electron chi connectivity index (χ4n) is 1.63. The number of anilines is 2. The van der Waals surface area contributed by atoms with Crippen molar-refractivity contribution in [1.29, 1.82) is 0 Å². The zero-order valence-corrected chi connectivity index (χ0v) is 11.3. The Hall–Kier alpha value is -1.92. The fourth-order valence-corrected chi connectivity index (χ4v) is 1.63. The average molecular weight is 290 g/mol. The van der Waals surface area contributed by atoms with Gasteiger partial charge >= 0.3 is 12.1 Å². The van der Waals surface area contributed by atoms with Crippen LogP contribution in [0.5, 0.6) is 0 Å². The van der Waals surface area contributed by atoms with Gasteiger partial charge in [-0.05, 0) is 25.1 Å². The summed E-state index contributed by atoms with van der Waals surface area (Å²) >= 11 is 0. The minimum atomic E-state index is -4.23. The summed E-state index contributed by atoms with van der Waals surface area (Å²) < 4.78 is 41.5. The Morgan fingerprint density at radius 1 is 1.40 bits per heavy atom. The van der Waals surface area contributed by atoms with Gasteiger partial charge in [-0.3, -0.25) is 0 Å². The van der Waals surface area contributed by atoms with E-state index < -0.39 is 18.6 Å². The minimum Gasteiger partial charge on any atom is -0.462 e. The average Bonchev–Trinajstić information content (AvgIpc) is 2.36. The first-order valence-electron chi connectivity index (χ1n) is 6.09. The Bertz CT molecular complexity index is 475. The van der Waals surface area contributed by atoms with Crippen LogP contribution in [0.1, 0.15) is 23.7 Å². The van der Waals surface area contributed by atoms with Crippen molar-refractivity contribution in [2.75, 3.05) is 30.8 Å². The van der Waals surface area contributed by atoms with Crippen LogP contribution in [0.25, 0.3) is 0 Å². The molecule has 0 amide bonds. The summed E-state index contributed by atoms with van der Waals surface area (Å²) in [4.78, 5) is 13.0. The topological polar surface area (TPSA) is 55.6 Å². The van der Waals surface area contributed by atoms with Crippen molar-refractivity contribution < 1.29 is 22.7 Å². The van der Waals surface area contributed by atoms with Crippen molar-refractivity contribution >= 4 is 17.3 Å². The van der Waals surface area contributed by atoms with Gasteiger partial charge in [0.05, 0.1) is 30.0 Å². The van der Waals surface area contributed by atoms with E-state index in [1.807, 2.05) is 0 Å². The van der Waals surface area contributed by atoms with Crippen molar-refractivity contribution in [1.82, 2.24) is 0 Å². The lowest BCUT2D eigenvalue weighted by atomic mass is 10.1. The van der Waals surface area contributed by atoms with E-state index in [1.54, 1.807) is 6.92 Å². The largest absolute Gasteiger partial charge is 0.462 e. The number of benzene rings is 1. The number of nitrogens with zero attached hydrogens (tertiary/aromatic N) is 1. The van der Waals surface area contributed by atoms with Gasteiger partial charge in [0, 0.05) is 13.6 Å². The van der Waals surface area contributed by atoms with Crippen molar-refractivity contribution in [3.63, 3.8) is 0 Å². The molecule has 0 aliphatic carbocycles. The number of rotatable bonds is 5. The second-order valence-electron chi connectivity index (χ2n) is 4.28. The molecule has 0 spiro atoms. The lowest BCUT2D eigenvalue weighted by Gasteiger charge is -2.22. The third-order valence-corrected chi connectivity index (χ3v) is 2.68. The first-order valence-corrected chi connectivity index (χ1v) is 6.09. The summed E-state index contributed by atoms with van der Waals surface area (Å²) in [7, 11) is 1.49. The van der Waals surface area contributed by atoms with Crippen LogP contribution in [0.15, 0.2) is 18.2 Å². The molecule has 0 heterocycles. The molecule has 1 aromatic carbocycles. The van der Waals surface area contributed by atoms with E-state index in [-0.39, 0.29) is 18.7 Å². The molecule has 0 unspecified atom stereocenters. The molecule has 0 saturated carbocycles. The van der Waals surface area contributed by atoms with E-state index in [9.17, 15) is 18.0 Å². The molecular weight excluding hydrogens is 273 g/mol. The highest BCUT2D eigenvalue weighted by molar-refractivity contribution is 5.92. The van der Waals surface area contributed by atoms with Gasteiger partial charge in [-0.2, -0.15) is 13.2 Å². The summed E-state index contributed by atoms with van der Waals surface area (Å²) in [6.07, 6.45) is -5.19. The van der Waals surface area contributed by atoms with Crippen LogP contribution in [0, 0.1) is 0 Å². The summed E-state index contributed by atoms with van der Waals surface area (Å²) in [6, 6.07) is 4.39. The Morgan fingerprint density at radius 3 is 2.60 bits per heavy atom. The van der Waals surface area contributed by atoms with Crippen LogP contribution in [-0.4, -0.2) is 32.3 Å². The molecule has 112 valence electrons. The molecule has 0 fully saturated rings. The van der Waals surface area contributed by atoms with Gasteiger partial charge in [0.1, 0.15) is 0 Å². The van der Waals surface area contributed by atoms with E-state index in [0.717, 1.165) is 0 Å². The maximum atomic E-state index is 12.2. The molecule has 0 aromatic heterocycles. The molecule has 7 heteroatoms. The highest BCUT2D eigenvalue weighted by Crippen LogP contribution is 2.26. The molecule has 4 nitrogen and oxygen atoms in total. The van der Waals surface area contributed by atoms with Crippen LogP contribution < -0.4 is 10.6 Å². The molecule has 0 aliphatic rings. The molecule has 0 saturated heterocycles. The molecular formula is C13H17F3N2O2. The molecule has 0 radical (unpaired) electrons. The fraction of sp³-hybridized carbons (Fsp3) is 0.462. The third-order valence-electron chi connectivity index (χ3n) is 2.68. The van der Waals surface area contributed by atoms with E-state index >= 15 is 0 Å². The van der Waals surface area contributed by atoms with E-state index in [0.29, 0.717) is 11.4 Å².